The summed E-state index contributed by atoms with van der Waals surface area (Å²) in [6.07, 6.45) is 1.88. The summed E-state index contributed by atoms with van der Waals surface area (Å²) in [5.41, 5.74) is 3.25. The molecule has 0 spiro atoms. The highest BCUT2D eigenvalue weighted by molar-refractivity contribution is 5.94. The fourth-order valence-corrected chi connectivity index (χ4v) is 2.32. The Hall–Kier alpha value is -1.35. The van der Waals surface area contributed by atoms with E-state index in [0.717, 1.165) is 42.7 Å². The van der Waals surface area contributed by atoms with Crippen LogP contribution in [-0.2, 0) is 4.79 Å². The molecule has 3 nitrogen and oxygen atoms in total. The molecular formula is C14H20N2O. The number of para-hydroxylation sites is 1. The molecule has 17 heavy (non-hydrogen) atoms. The van der Waals surface area contributed by atoms with Gasteiger partial charge >= 0.3 is 0 Å². The van der Waals surface area contributed by atoms with Gasteiger partial charge in [-0.25, -0.2) is 0 Å². The molecule has 1 aromatic rings. The van der Waals surface area contributed by atoms with E-state index in [1.807, 2.05) is 32.0 Å². The summed E-state index contributed by atoms with van der Waals surface area (Å²) in [4.78, 5) is 12.1. The molecule has 2 rings (SSSR count). The van der Waals surface area contributed by atoms with Gasteiger partial charge in [-0.2, -0.15) is 0 Å². The highest BCUT2D eigenvalue weighted by Gasteiger charge is 2.21. The minimum absolute atomic E-state index is 0.162. The second kappa shape index (κ2) is 5.32. The van der Waals surface area contributed by atoms with Crippen molar-refractivity contribution < 1.29 is 4.79 Å². The largest absolute Gasteiger partial charge is 0.325 e. The van der Waals surface area contributed by atoms with Crippen molar-refractivity contribution in [3.05, 3.63) is 29.3 Å². The van der Waals surface area contributed by atoms with Crippen molar-refractivity contribution in [1.29, 1.82) is 0 Å². The van der Waals surface area contributed by atoms with E-state index < -0.39 is 0 Å². The van der Waals surface area contributed by atoms with E-state index in [0.29, 0.717) is 0 Å². The Morgan fingerprint density at radius 2 is 1.82 bits per heavy atom. The lowest BCUT2D eigenvalue weighted by atomic mass is 9.97. The first-order chi connectivity index (χ1) is 8.18. The Morgan fingerprint density at radius 3 is 2.41 bits per heavy atom. The maximum Gasteiger partial charge on any atom is 0.227 e. The van der Waals surface area contributed by atoms with E-state index in [-0.39, 0.29) is 11.8 Å². The second-order valence-electron chi connectivity index (χ2n) is 4.78. The standard InChI is InChI=1S/C14H20N2O/c1-10-4-3-5-11(2)13(10)16-14(17)12-6-8-15-9-7-12/h3-5,12,15H,6-9H2,1-2H3,(H,16,17). The van der Waals surface area contributed by atoms with Gasteiger partial charge < -0.3 is 10.6 Å². The number of rotatable bonds is 2. The van der Waals surface area contributed by atoms with Gasteiger partial charge in [-0.05, 0) is 50.9 Å². The monoisotopic (exact) mass is 232 g/mol. The number of aryl methyl sites for hydroxylation is 2. The number of anilines is 1. The zero-order valence-corrected chi connectivity index (χ0v) is 10.5. The van der Waals surface area contributed by atoms with Gasteiger partial charge in [-0.3, -0.25) is 4.79 Å². The van der Waals surface area contributed by atoms with Gasteiger partial charge in [0.25, 0.3) is 0 Å². The molecule has 2 N–H and O–H groups in total. The Labute approximate surface area is 103 Å². The molecule has 0 aromatic heterocycles. The maximum atomic E-state index is 12.1. The summed E-state index contributed by atoms with van der Waals surface area (Å²) in [5.74, 6) is 0.333. The second-order valence-corrected chi connectivity index (χ2v) is 4.78. The molecule has 0 atom stereocenters. The number of piperidine rings is 1. The Kier molecular flexibility index (Phi) is 3.79. The van der Waals surface area contributed by atoms with Crippen molar-refractivity contribution in [3.8, 4) is 0 Å². The smallest absolute Gasteiger partial charge is 0.227 e. The van der Waals surface area contributed by atoms with Crippen molar-refractivity contribution in [1.82, 2.24) is 5.32 Å². The number of carbonyl (C=O) groups is 1. The van der Waals surface area contributed by atoms with Crippen LogP contribution in [0.3, 0.4) is 0 Å². The number of benzene rings is 1. The van der Waals surface area contributed by atoms with E-state index >= 15 is 0 Å². The molecule has 1 aromatic carbocycles. The van der Waals surface area contributed by atoms with E-state index in [9.17, 15) is 4.79 Å². The van der Waals surface area contributed by atoms with Crippen molar-refractivity contribution in [2.45, 2.75) is 26.7 Å². The first kappa shape index (κ1) is 12.1. The van der Waals surface area contributed by atoms with Crippen LogP contribution in [0.5, 0.6) is 0 Å². The highest BCUT2D eigenvalue weighted by atomic mass is 16.1. The lowest BCUT2D eigenvalue weighted by Gasteiger charge is -2.22. The van der Waals surface area contributed by atoms with E-state index in [1.54, 1.807) is 0 Å². The van der Waals surface area contributed by atoms with Gasteiger partial charge in [0, 0.05) is 11.6 Å². The lowest BCUT2D eigenvalue weighted by molar-refractivity contribution is -0.120. The van der Waals surface area contributed by atoms with E-state index in [1.165, 1.54) is 0 Å². The van der Waals surface area contributed by atoms with Crippen LogP contribution in [0.2, 0.25) is 0 Å². The third-order valence-corrected chi connectivity index (χ3v) is 3.44. The molecule has 0 bridgehead atoms. The number of nitrogens with one attached hydrogen (secondary N) is 2. The SMILES string of the molecule is Cc1cccc(C)c1NC(=O)C1CCNCC1. The topological polar surface area (TPSA) is 41.1 Å². The molecule has 3 heteroatoms. The molecular weight excluding hydrogens is 212 g/mol. The Morgan fingerprint density at radius 1 is 1.24 bits per heavy atom. The number of amides is 1. The van der Waals surface area contributed by atoms with Crippen LogP contribution in [0.4, 0.5) is 5.69 Å². The average molecular weight is 232 g/mol. The molecule has 1 heterocycles. The molecule has 1 aliphatic heterocycles. The van der Waals surface area contributed by atoms with Crippen LogP contribution < -0.4 is 10.6 Å². The third-order valence-electron chi connectivity index (χ3n) is 3.44. The molecule has 1 saturated heterocycles. The zero-order valence-electron chi connectivity index (χ0n) is 10.5. The summed E-state index contributed by atoms with van der Waals surface area (Å²) in [5, 5.41) is 6.36. The van der Waals surface area contributed by atoms with E-state index in [4.69, 9.17) is 0 Å². The van der Waals surface area contributed by atoms with Gasteiger partial charge in [0.15, 0.2) is 0 Å². The first-order valence-corrected chi connectivity index (χ1v) is 6.26. The fraction of sp³-hybridized carbons (Fsp3) is 0.500. The van der Waals surface area contributed by atoms with Gasteiger partial charge in [-0.15, -0.1) is 0 Å². The molecule has 1 amide bonds. The molecule has 1 fully saturated rings. The van der Waals surface area contributed by atoms with Crippen LogP contribution in [0, 0.1) is 19.8 Å². The zero-order chi connectivity index (χ0) is 12.3. The third kappa shape index (κ3) is 2.86. The first-order valence-electron chi connectivity index (χ1n) is 6.26. The van der Waals surface area contributed by atoms with Crippen molar-refractivity contribution in [2.24, 2.45) is 5.92 Å². The maximum absolute atomic E-state index is 12.1. The molecule has 0 unspecified atom stereocenters. The number of carbonyl (C=O) groups excluding carboxylic acids is 1. The average Bonchev–Trinajstić information content (AvgIpc) is 2.35. The number of hydrogen-bond acceptors (Lipinski definition) is 2. The van der Waals surface area contributed by atoms with E-state index in [2.05, 4.69) is 10.6 Å². The van der Waals surface area contributed by atoms with Crippen molar-refractivity contribution in [2.75, 3.05) is 18.4 Å². The van der Waals surface area contributed by atoms with Crippen molar-refractivity contribution >= 4 is 11.6 Å². The lowest BCUT2D eigenvalue weighted by Crippen LogP contribution is -2.34. The summed E-state index contributed by atoms with van der Waals surface area (Å²) < 4.78 is 0. The predicted octanol–water partition coefficient (Wildman–Crippen LogP) is 2.24. The summed E-state index contributed by atoms with van der Waals surface area (Å²) >= 11 is 0. The predicted molar refractivity (Wildman–Crippen MR) is 70.1 cm³/mol. The molecule has 1 aliphatic rings. The normalized spacial score (nSPS) is 16.8. The van der Waals surface area contributed by atoms with Crippen LogP contribution >= 0.6 is 0 Å². The fourth-order valence-electron chi connectivity index (χ4n) is 2.32. The Balaban J connectivity index is 2.07. The van der Waals surface area contributed by atoms with Gasteiger partial charge in [0.2, 0.25) is 5.91 Å². The van der Waals surface area contributed by atoms with Crippen LogP contribution in [0.1, 0.15) is 24.0 Å². The van der Waals surface area contributed by atoms with Gasteiger partial charge in [0.1, 0.15) is 0 Å². The minimum atomic E-state index is 0.162. The van der Waals surface area contributed by atoms with Crippen LogP contribution in [-0.4, -0.2) is 19.0 Å². The molecule has 0 radical (unpaired) electrons. The summed E-state index contributed by atoms with van der Waals surface area (Å²) in [7, 11) is 0. The Bertz CT molecular complexity index is 388. The summed E-state index contributed by atoms with van der Waals surface area (Å²) in [6, 6.07) is 6.08. The molecule has 92 valence electrons. The molecule has 0 aliphatic carbocycles. The minimum Gasteiger partial charge on any atom is -0.325 e. The quantitative estimate of drug-likeness (QED) is 0.821. The number of hydrogen-bond donors (Lipinski definition) is 2. The van der Waals surface area contributed by atoms with Crippen LogP contribution in [0.15, 0.2) is 18.2 Å². The highest BCUT2D eigenvalue weighted by Crippen LogP contribution is 2.22. The summed E-state index contributed by atoms with van der Waals surface area (Å²) in [6.45, 7) is 5.96. The molecule has 0 saturated carbocycles. The van der Waals surface area contributed by atoms with Gasteiger partial charge in [0.05, 0.1) is 0 Å². The van der Waals surface area contributed by atoms with Crippen LogP contribution in [0.25, 0.3) is 0 Å². The van der Waals surface area contributed by atoms with Gasteiger partial charge in [-0.1, -0.05) is 18.2 Å². The van der Waals surface area contributed by atoms with Crippen molar-refractivity contribution in [3.63, 3.8) is 0 Å².